The highest BCUT2D eigenvalue weighted by Crippen LogP contribution is 2.38. The molecule has 0 aromatic heterocycles. The molecule has 2 fully saturated rings. The van der Waals surface area contributed by atoms with Crippen LogP contribution in [0.5, 0.6) is 0 Å². The number of hydrogen-bond donors (Lipinski definition) is 1. The average Bonchev–Trinajstić information content (AvgIpc) is 2.30. The third kappa shape index (κ3) is 2.54. The van der Waals surface area contributed by atoms with Gasteiger partial charge in [-0.05, 0) is 38.8 Å². The van der Waals surface area contributed by atoms with Crippen molar-refractivity contribution in [3.63, 3.8) is 0 Å². The Morgan fingerprint density at radius 3 is 2.60 bits per heavy atom. The van der Waals surface area contributed by atoms with E-state index in [9.17, 15) is 5.11 Å². The SMILES string of the molecule is CCN1CCCC(C2(O)CCCCC2)C1. The minimum Gasteiger partial charge on any atom is -0.390 e. The molecule has 1 saturated heterocycles. The minimum absolute atomic E-state index is 0.313. The van der Waals surface area contributed by atoms with E-state index in [-0.39, 0.29) is 5.60 Å². The first-order valence-corrected chi connectivity index (χ1v) is 6.69. The van der Waals surface area contributed by atoms with Gasteiger partial charge in [0.2, 0.25) is 0 Å². The summed E-state index contributed by atoms with van der Waals surface area (Å²) >= 11 is 0. The molecule has 2 aliphatic rings. The van der Waals surface area contributed by atoms with Gasteiger partial charge in [0.25, 0.3) is 0 Å². The van der Waals surface area contributed by atoms with E-state index in [2.05, 4.69) is 11.8 Å². The fourth-order valence-corrected chi connectivity index (χ4v) is 3.35. The molecule has 1 aliphatic carbocycles. The molecule has 1 N–H and O–H groups in total. The summed E-state index contributed by atoms with van der Waals surface area (Å²) in [5, 5.41) is 10.7. The molecule has 1 saturated carbocycles. The van der Waals surface area contributed by atoms with Crippen LogP contribution in [0.2, 0.25) is 0 Å². The normalized spacial score (nSPS) is 32.8. The molecule has 1 aliphatic heterocycles. The number of hydrogen-bond acceptors (Lipinski definition) is 2. The van der Waals surface area contributed by atoms with E-state index < -0.39 is 0 Å². The van der Waals surface area contributed by atoms with Crippen LogP contribution in [0.3, 0.4) is 0 Å². The molecule has 2 rings (SSSR count). The molecule has 1 unspecified atom stereocenters. The van der Waals surface area contributed by atoms with Crippen molar-refractivity contribution in [1.29, 1.82) is 0 Å². The van der Waals surface area contributed by atoms with Gasteiger partial charge in [-0.2, -0.15) is 0 Å². The van der Waals surface area contributed by atoms with Gasteiger partial charge in [0, 0.05) is 12.5 Å². The summed E-state index contributed by atoms with van der Waals surface area (Å²) in [6, 6.07) is 0. The Bertz CT molecular complexity index is 199. The lowest BCUT2D eigenvalue weighted by molar-refractivity contribution is -0.0719. The number of rotatable bonds is 2. The molecule has 2 heteroatoms. The van der Waals surface area contributed by atoms with E-state index in [1.807, 2.05) is 0 Å². The third-order valence-electron chi connectivity index (χ3n) is 4.43. The summed E-state index contributed by atoms with van der Waals surface area (Å²) in [6.45, 7) is 5.75. The second-order valence-corrected chi connectivity index (χ2v) is 5.40. The molecule has 0 bridgehead atoms. The van der Waals surface area contributed by atoms with E-state index in [0.717, 1.165) is 25.9 Å². The Morgan fingerprint density at radius 2 is 1.93 bits per heavy atom. The zero-order valence-electron chi connectivity index (χ0n) is 10.0. The molecule has 0 aromatic rings. The van der Waals surface area contributed by atoms with Gasteiger partial charge in [-0.3, -0.25) is 0 Å². The van der Waals surface area contributed by atoms with Gasteiger partial charge >= 0.3 is 0 Å². The molecule has 2 nitrogen and oxygen atoms in total. The van der Waals surface area contributed by atoms with Crippen molar-refractivity contribution in [3.8, 4) is 0 Å². The van der Waals surface area contributed by atoms with Gasteiger partial charge in [0.15, 0.2) is 0 Å². The van der Waals surface area contributed by atoms with Gasteiger partial charge in [-0.1, -0.05) is 26.2 Å². The van der Waals surface area contributed by atoms with Crippen LogP contribution in [0.1, 0.15) is 51.9 Å². The zero-order valence-corrected chi connectivity index (χ0v) is 10.0. The third-order valence-corrected chi connectivity index (χ3v) is 4.43. The smallest absolute Gasteiger partial charge is 0.0688 e. The first-order valence-electron chi connectivity index (χ1n) is 6.69. The van der Waals surface area contributed by atoms with Crippen LogP contribution in [-0.4, -0.2) is 35.2 Å². The van der Waals surface area contributed by atoms with Crippen LogP contribution in [0.15, 0.2) is 0 Å². The van der Waals surface area contributed by atoms with Crippen LogP contribution in [0, 0.1) is 5.92 Å². The molecular formula is C13H25NO. The Labute approximate surface area is 93.7 Å². The predicted octanol–water partition coefficient (Wildman–Crippen LogP) is 2.41. The first-order chi connectivity index (χ1) is 7.24. The number of aliphatic hydroxyl groups is 1. The molecule has 0 amide bonds. The largest absolute Gasteiger partial charge is 0.390 e. The number of likely N-dealkylation sites (tertiary alicyclic amines) is 1. The van der Waals surface area contributed by atoms with Crippen molar-refractivity contribution >= 4 is 0 Å². The van der Waals surface area contributed by atoms with E-state index >= 15 is 0 Å². The summed E-state index contributed by atoms with van der Waals surface area (Å²) in [5.41, 5.74) is -0.313. The van der Waals surface area contributed by atoms with Gasteiger partial charge < -0.3 is 10.0 Å². The highest BCUT2D eigenvalue weighted by Gasteiger charge is 2.39. The van der Waals surface area contributed by atoms with Crippen LogP contribution < -0.4 is 0 Å². The standard InChI is InChI=1S/C13H25NO/c1-2-14-10-6-7-12(11-14)13(15)8-4-3-5-9-13/h12,15H,2-11H2,1H3. The lowest BCUT2D eigenvalue weighted by Gasteiger charge is -2.44. The van der Waals surface area contributed by atoms with Crippen molar-refractivity contribution in [2.24, 2.45) is 5.92 Å². The Balaban J connectivity index is 1.95. The van der Waals surface area contributed by atoms with Crippen molar-refractivity contribution in [3.05, 3.63) is 0 Å². The average molecular weight is 211 g/mol. The Morgan fingerprint density at radius 1 is 1.20 bits per heavy atom. The van der Waals surface area contributed by atoms with Gasteiger partial charge in [0.05, 0.1) is 5.60 Å². The molecule has 0 radical (unpaired) electrons. The molecule has 0 aromatic carbocycles. The summed E-state index contributed by atoms with van der Waals surface area (Å²) in [4.78, 5) is 2.50. The van der Waals surface area contributed by atoms with Crippen LogP contribution in [-0.2, 0) is 0 Å². The maximum absolute atomic E-state index is 10.7. The first kappa shape index (κ1) is 11.4. The molecule has 0 spiro atoms. The molecule has 1 atom stereocenters. The van der Waals surface area contributed by atoms with Crippen molar-refractivity contribution < 1.29 is 5.11 Å². The number of piperidine rings is 1. The van der Waals surface area contributed by atoms with Crippen molar-refractivity contribution in [2.75, 3.05) is 19.6 Å². The second-order valence-electron chi connectivity index (χ2n) is 5.40. The van der Waals surface area contributed by atoms with Gasteiger partial charge in [-0.25, -0.2) is 0 Å². The quantitative estimate of drug-likeness (QED) is 0.758. The van der Waals surface area contributed by atoms with E-state index in [1.54, 1.807) is 0 Å². The van der Waals surface area contributed by atoms with Gasteiger partial charge in [-0.15, -0.1) is 0 Å². The lowest BCUT2D eigenvalue weighted by atomic mass is 9.72. The highest BCUT2D eigenvalue weighted by molar-refractivity contribution is 4.92. The van der Waals surface area contributed by atoms with E-state index in [0.29, 0.717) is 5.92 Å². The maximum Gasteiger partial charge on any atom is 0.0688 e. The molecular weight excluding hydrogens is 186 g/mol. The summed E-state index contributed by atoms with van der Waals surface area (Å²) in [5.74, 6) is 0.548. The zero-order chi connectivity index (χ0) is 10.7. The summed E-state index contributed by atoms with van der Waals surface area (Å²) in [6.07, 6.45) is 8.42. The van der Waals surface area contributed by atoms with Gasteiger partial charge in [0.1, 0.15) is 0 Å². The van der Waals surface area contributed by atoms with Crippen molar-refractivity contribution in [2.45, 2.75) is 57.5 Å². The summed E-state index contributed by atoms with van der Waals surface area (Å²) in [7, 11) is 0. The lowest BCUT2D eigenvalue weighted by Crippen LogP contribution is -2.48. The Kier molecular flexibility index (Phi) is 3.68. The van der Waals surface area contributed by atoms with E-state index in [1.165, 1.54) is 38.6 Å². The second kappa shape index (κ2) is 4.84. The maximum atomic E-state index is 10.7. The topological polar surface area (TPSA) is 23.5 Å². The molecule has 15 heavy (non-hydrogen) atoms. The fraction of sp³-hybridized carbons (Fsp3) is 1.00. The Hall–Kier alpha value is -0.0800. The summed E-state index contributed by atoms with van der Waals surface area (Å²) < 4.78 is 0. The molecule has 88 valence electrons. The van der Waals surface area contributed by atoms with Crippen LogP contribution >= 0.6 is 0 Å². The van der Waals surface area contributed by atoms with Crippen LogP contribution in [0.4, 0.5) is 0 Å². The monoisotopic (exact) mass is 211 g/mol. The van der Waals surface area contributed by atoms with Crippen LogP contribution in [0.25, 0.3) is 0 Å². The highest BCUT2D eigenvalue weighted by atomic mass is 16.3. The van der Waals surface area contributed by atoms with E-state index in [4.69, 9.17) is 0 Å². The minimum atomic E-state index is -0.313. The number of nitrogens with zero attached hydrogens (tertiary/aromatic N) is 1. The fourth-order valence-electron chi connectivity index (χ4n) is 3.35. The van der Waals surface area contributed by atoms with Crippen molar-refractivity contribution in [1.82, 2.24) is 4.90 Å². The predicted molar refractivity (Wildman–Crippen MR) is 62.9 cm³/mol. The molecule has 1 heterocycles.